The first-order chi connectivity index (χ1) is 8.08. The van der Waals surface area contributed by atoms with Crippen molar-refractivity contribution in [2.24, 2.45) is 5.10 Å². The van der Waals surface area contributed by atoms with Gasteiger partial charge in [-0.1, -0.05) is 0 Å². The Morgan fingerprint density at radius 1 is 1.41 bits per heavy atom. The number of carbonyl (C=O) groups is 2. The third kappa shape index (κ3) is 2.63. The van der Waals surface area contributed by atoms with Crippen LogP contribution >= 0.6 is 0 Å². The normalized spacial score (nSPS) is 29.6. The molecule has 2 rings (SSSR count). The summed E-state index contributed by atoms with van der Waals surface area (Å²) in [6, 6.07) is 0.466. The van der Waals surface area contributed by atoms with Gasteiger partial charge in [0.1, 0.15) is 5.71 Å². The Bertz CT molecular complexity index is 366. The molecule has 2 aliphatic heterocycles. The summed E-state index contributed by atoms with van der Waals surface area (Å²) in [5.41, 5.74) is 2.83. The molecule has 0 spiro atoms. The zero-order chi connectivity index (χ0) is 12.4. The maximum Gasteiger partial charge on any atom is 0.270 e. The van der Waals surface area contributed by atoms with E-state index in [9.17, 15) is 9.59 Å². The molecular weight excluding hydrogens is 220 g/mol. The van der Waals surface area contributed by atoms with E-state index >= 15 is 0 Å². The first-order valence-electron chi connectivity index (χ1n) is 5.97. The molecule has 17 heavy (non-hydrogen) atoms. The Kier molecular flexibility index (Phi) is 3.42. The van der Waals surface area contributed by atoms with Crippen LogP contribution in [0.2, 0.25) is 0 Å². The van der Waals surface area contributed by atoms with E-state index in [0.29, 0.717) is 31.1 Å². The lowest BCUT2D eigenvalue weighted by molar-refractivity contribution is -0.127. The summed E-state index contributed by atoms with van der Waals surface area (Å²) in [4.78, 5) is 25.0. The molecule has 0 aromatic heterocycles. The Morgan fingerprint density at radius 3 is 2.82 bits per heavy atom. The summed E-state index contributed by atoms with van der Waals surface area (Å²) in [5, 5.41) is 7.17. The van der Waals surface area contributed by atoms with Crippen molar-refractivity contribution in [2.75, 3.05) is 13.1 Å². The highest BCUT2D eigenvalue weighted by molar-refractivity contribution is 6.39. The van der Waals surface area contributed by atoms with E-state index in [0.717, 1.165) is 6.54 Å². The van der Waals surface area contributed by atoms with Gasteiger partial charge in [-0.25, -0.2) is 5.43 Å². The fourth-order valence-corrected chi connectivity index (χ4v) is 2.10. The summed E-state index contributed by atoms with van der Waals surface area (Å²) in [6.45, 7) is 5.55. The van der Waals surface area contributed by atoms with Gasteiger partial charge in [0.05, 0.1) is 0 Å². The molecule has 2 unspecified atom stereocenters. The number of hydrogen-bond acceptors (Lipinski definition) is 4. The minimum Gasteiger partial charge on any atom is -0.332 e. The minimum atomic E-state index is -0.122. The number of amides is 2. The second kappa shape index (κ2) is 4.83. The number of rotatable bonds is 1. The molecule has 0 aromatic carbocycles. The number of hydrazone groups is 1. The number of nitrogens with zero attached hydrogens (tertiary/aromatic N) is 2. The Balaban J connectivity index is 2.06. The number of carbonyl (C=O) groups excluding carboxylic acids is 2. The predicted molar refractivity (Wildman–Crippen MR) is 63.5 cm³/mol. The summed E-state index contributed by atoms with van der Waals surface area (Å²) < 4.78 is 0. The number of hydrogen-bond donors (Lipinski definition) is 2. The van der Waals surface area contributed by atoms with Crippen LogP contribution in [0.25, 0.3) is 0 Å². The lowest BCUT2D eigenvalue weighted by Gasteiger charge is -2.37. The van der Waals surface area contributed by atoms with E-state index in [1.54, 1.807) is 0 Å². The lowest BCUT2D eigenvalue weighted by Crippen LogP contribution is -2.58. The van der Waals surface area contributed by atoms with Gasteiger partial charge in [-0.05, 0) is 13.8 Å². The van der Waals surface area contributed by atoms with Crippen LogP contribution < -0.4 is 10.7 Å². The highest BCUT2D eigenvalue weighted by atomic mass is 16.2. The molecule has 2 heterocycles. The fourth-order valence-electron chi connectivity index (χ4n) is 2.10. The smallest absolute Gasteiger partial charge is 0.270 e. The fraction of sp³-hybridized carbons (Fsp3) is 0.727. The minimum absolute atomic E-state index is 0.0501. The zero-order valence-corrected chi connectivity index (χ0v) is 10.2. The third-order valence-electron chi connectivity index (χ3n) is 3.18. The van der Waals surface area contributed by atoms with Gasteiger partial charge in [0.25, 0.3) is 5.91 Å². The average Bonchev–Trinajstić information content (AvgIpc) is 2.32. The summed E-state index contributed by atoms with van der Waals surface area (Å²) in [6.07, 6.45) is 0.788. The molecule has 1 saturated heterocycles. The molecule has 0 aliphatic carbocycles. The second-order valence-electron chi connectivity index (χ2n) is 4.71. The second-order valence-corrected chi connectivity index (χ2v) is 4.71. The molecule has 2 N–H and O–H groups in total. The van der Waals surface area contributed by atoms with Crippen molar-refractivity contribution in [3.8, 4) is 0 Å². The number of nitrogens with one attached hydrogen (secondary N) is 2. The quantitative estimate of drug-likeness (QED) is 0.644. The van der Waals surface area contributed by atoms with Gasteiger partial charge in [-0.2, -0.15) is 5.10 Å². The van der Waals surface area contributed by atoms with E-state index in [4.69, 9.17) is 0 Å². The van der Waals surface area contributed by atoms with E-state index in [1.165, 1.54) is 0 Å². The monoisotopic (exact) mass is 238 g/mol. The van der Waals surface area contributed by atoms with E-state index in [1.807, 2.05) is 11.8 Å². The molecule has 6 heteroatoms. The zero-order valence-electron chi connectivity index (χ0n) is 10.2. The van der Waals surface area contributed by atoms with Gasteiger partial charge in [0, 0.05) is 38.0 Å². The standard InChI is InChI=1S/C11H18N4O2/c1-7-6-15(8(2)5-12-7)11(17)9-3-4-10(16)14-13-9/h7-8,12H,3-6H2,1-2H3,(H,14,16). The highest BCUT2D eigenvalue weighted by Crippen LogP contribution is 2.10. The maximum atomic E-state index is 12.2. The highest BCUT2D eigenvalue weighted by Gasteiger charge is 2.30. The van der Waals surface area contributed by atoms with Crippen molar-refractivity contribution >= 4 is 17.5 Å². The molecule has 0 aromatic rings. The molecule has 94 valence electrons. The van der Waals surface area contributed by atoms with Crippen LogP contribution in [0.1, 0.15) is 26.7 Å². The van der Waals surface area contributed by atoms with Crippen molar-refractivity contribution in [3.63, 3.8) is 0 Å². The molecule has 2 atom stereocenters. The first kappa shape index (κ1) is 12.0. The van der Waals surface area contributed by atoms with Crippen LogP contribution in [-0.2, 0) is 9.59 Å². The summed E-state index contributed by atoms with van der Waals surface area (Å²) >= 11 is 0. The van der Waals surface area contributed by atoms with Crippen molar-refractivity contribution in [1.29, 1.82) is 0 Å². The largest absolute Gasteiger partial charge is 0.332 e. The Morgan fingerprint density at radius 2 is 2.18 bits per heavy atom. The summed E-state index contributed by atoms with van der Waals surface area (Å²) in [7, 11) is 0. The SMILES string of the molecule is CC1CN(C(=O)C2=NNC(=O)CC2)C(C)CN1. The van der Waals surface area contributed by atoms with Gasteiger partial charge < -0.3 is 10.2 Å². The lowest BCUT2D eigenvalue weighted by atomic mass is 10.1. The van der Waals surface area contributed by atoms with Gasteiger partial charge >= 0.3 is 0 Å². The Labute approximate surface area is 100 Å². The van der Waals surface area contributed by atoms with E-state index < -0.39 is 0 Å². The molecule has 0 saturated carbocycles. The summed E-state index contributed by atoms with van der Waals surface area (Å²) in [5.74, 6) is -0.172. The van der Waals surface area contributed by atoms with Gasteiger partial charge in [-0.3, -0.25) is 9.59 Å². The van der Waals surface area contributed by atoms with Gasteiger partial charge in [0.15, 0.2) is 0 Å². The molecule has 2 aliphatic rings. The van der Waals surface area contributed by atoms with Crippen LogP contribution in [-0.4, -0.2) is 47.6 Å². The van der Waals surface area contributed by atoms with E-state index in [-0.39, 0.29) is 17.9 Å². The van der Waals surface area contributed by atoms with Crippen LogP contribution in [0.4, 0.5) is 0 Å². The van der Waals surface area contributed by atoms with Crippen molar-refractivity contribution < 1.29 is 9.59 Å². The third-order valence-corrected chi connectivity index (χ3v) is 3.18. The molecule has 6 nitrogen and oxygen atoms in total. The van der Waals surface area contributed by atoms with E-state index in [2.05, 4.69) is 22.8 Å². The first-order valence-corrected chi connectivity index (χ1v) is 5.97. The van der Waals surface area contributed by atoms with Crippen molar-refractivity contribution in [3.05, 3.63) is 0 Å². The van der Waals surface area contributed by atoms with Crippen molar-refractivity contribution in [2.45, 2.75) is 38.8 Å². The molecular formula is C11H18N4O2. The molecule has 0 radical (unpaired) electrons. The predicted octanol–water partition coefficient (Wildman–Crippen LogP) is -0.539. The van der Waals surface area contributed by atoms with Crippen LogP contribution in [0.15, 0.2) is 5.10 Å². The van der Waals surface area contributed by atoms with Crippen LogP contribution in [0, 0.1) is 0 Å². The van der Waals surface area contributed by atoms with Gasteiger partial charge in [-0.15, -0.1) is 0 Å². The molecule has 2 amide bonds. The average molecular weight is 238 g/mol. The number of piperazine rings is 1. The van der Waals surface area contributed by atoms with Crippen LogP contribution in [0.5, 0.6) is 0 Å². The van der Waals surface area contributed by atoms with Crippen LogP contribution in [0.3, 0.4) is 0 Å². The van der Waals surface area contributed by atoms with Gasteiger partial charge in [0.2, 0.25) is 5.91 Å². The Hall–Kier alpha value is -1.43. The maximum absolute atomic E-state index is 12.2. The molecule has 1 fully saturated rings. The topological polar surface area (TPSA) is 73.8 Å². The molecule has 0 bridgehead atoms. The van der Waals surface area contributed by atoms with Crippen molar-refractivity contribution in [1.82, 2.24) is 15.6 Å².